The number of hydrogen-bond acceptors (Lipinski definition) is 5. The van der Waals surface area contributed by atoms with Crippen LogP contribution >= 0.6 is 11.6 Å². The van der Waals surface area contributed by atoms with Gasteiger partial charge >= 0.3 is 0 Å². The van der Waals surface area contributed by atoms with Crippen molar-refractivity contribution < 1.29 is 22.7 Å². The van der Waals surface area contributed by atoms with Crippen molar-refractivity contribution in [1.29, 1.82) is 0 Å². The summed E-state index contributed by atoms with van der Waals surface area (Å²) in [7, 11) is -2.11. The fourth-order valence-corrected chi connectivity index (χ4v) is 4.69. The Labute approximate surface area is 206 Å². The molecule has 2 amide bonds. The van der Waals surface area contributed by atoms with Gasteiger partial charge in [-0.3, -0.25) is 13.9 Å². The number of nitrogens with zero attached hydrogens (tertiary/aromatic N) is 2. The summed E-state index contributed by atoms with van der Waals surface area (Å²) >= 11 is 6.27. The summed E-state index contributed by atoms with van der Waals surface area (Å²) in [5, 5.41) is 3.07. The molecule has 186 valence electrons. The second kappa shape index (κ2) is 12.6. The second-order valence-corrected chi connectivity index (χ2v) is 10.1. The van der Waals surface area contributed by atoms with E-state index in [0.29, 0.717) is 23.1 Å². The van der Waals surface area contributed by atoms with Gasteiger partial charge in [0.2, 0.25) is 21.8 Å². The molecule has 1 atom stereocenters. The summed E-state index contributed by atoms with van der Waals surface area (Å²) in [6.45, 7) is 4.11. The normalized spacial score (nSPS) is 12.0. The molecule has 0 aliphatic rings. The zero-order valence-corrected chi connectivity index (χ0v) is 21.5. The number of amides is 2. The van der Waals surface area contributed by atoms with Gasteiger partial charge in [-0.15, -0.1) is 0 Å². The van der Waals surface area contributed by atoms with Gasteiger partial charge in [0.15, 0.2) is 0 Å². The van der Waals surface area contributed by atoms with Gasteiger partial charge in [-0.2, -0.15) is 0 Å². The monoisotopic (exact) mass is 509 g/mol. The molecule has 0 fully saturated rings. The maximum absolute atomic E-state index is 13.2. The Morgan fingerprint density at radius 2 is 1.76 bits per heavy atom. The molecule has 10 heteroatoms. The zero-order chi connectivity index (χ0) is 25.3. The average molecular weight is 510 g/mol. The maximum Gasteiger partial charge on any atom is 0.242 e. The number of sulfonamides is 1. The number of likely N-dealkylation sites (N-methyl/N-ethyl adjacent to an activating group) is 1. The van der Waals surface area contributed by atoms with E-state index < -0.39 is 16.1 Å². The van der Waals surface area contributed by atoms with Crippen molar-refractivity contribution in [2.24, 2.45) is 0 Å². The molecule has 0 heterocycles. The number of benzene rings is 2. The molecule has 0 aromatic heterocycles. The van der Waals surface area contributed by atoms with Gasteiger partial charge in [0.05, 0.1) is 18.6 Å². The number of rotatable bonds is 12. The number of anilines is 1. The van der Waals surface area contributed by atoms with E-state index in [4.69, 9.17) is 16.3 Å². The molecular formula is C24H32ClN3O5S. The van der Waals surface area contributed by atoms with Crippen LogP contribution in [-0.2, 0) is 26.2 Å². The van der Waals surface area contributed by atoms with Crippen molar-refractivity contribution in [2.75, 3.05) is 30.8 Å². The summed E-state index contributed by atoms with van der Waals surface area (Å²) in [6.07, 6.45) is 1.43. The SMILES string of the molecule is CCOc1ccccc1N(CCCC(=O)N(Cc1ccccc1Cl)[C@@H](C)C(=O)NC)S(C)(=O)=O. The molecule has 0 saturated heterocycles. The van der Waals surface area contributed by atoms with Crippen LogP contribution in [0.4, 0.5) is 5.69 Å². The minimum atomic E-state index is -3.62. The van der Waals surface area contributed by atoms with E-state index >= 15 is 0 Å². The molecule has 2 aromatic carbocycles. The molecule has 0 spiro atoms. The standard InChI is InChI=1S/C24H32ClN3O5S/c1-5-33-22-14-9-8-13-21(22)28(34(4,31)32)16-10-15-23(29)27(18(2)24(30)26-3)17-19-11-6-7-12-20(19)25/h6-9,11-14,18H,5,10,15-17H2,1-4H3,(H,26,30)/t18-/m0/s1. The topological polar surface area (TPSA) is 96.0 Å². The van der Waals surface area contributed by atoms with Gasteiger partial charge in [0.1, 0.15) is 11.8 Å². The fourth-order valence-electron chi connectivity index (χ4n) is 3.52. The Hall–Kier alpha value is -2.78. The van der Waals surface area contributed by atoms with E-state index in [-0.39, 0.29) is 37.7 Å². The van der Waals surface area contributed by atoms with E-state index in [2.05, 4.69) is 5.32 Å². The van der Waals surface area contributed by atoms with E-state index in [1.807, 2.05) is 13.0 Å². The smallest absolute Gasteiger partial charge is 0.242 e. The van der Waals surface area contributed by atoms with Crippen molar-refractivity contribution in [3.63, 3.8) is 0 Å². The first kappa shape index (κ1) is 27.5. The lowest BCUT2D eigenvalue weighted by molar-refractivity contribution is -0.140. The highest BCUT2D eigenvalue weighted by Gasteiger charge is 2.27. The first-order valence-corrected chi connectivity index (χ1v) is 13.3. The third kappa shape index (κ3) is 7.36. The number of ether oxygens (including phenoxy) is 1. The lowest BCUT2D eigenvalue weighted by Gasteiger charge is -2.29. The molecule has 0 radical (unpaired) electrons. The van der Waals surface area contributed by atoms with E-state index in [0.717, 1.165) is 11.8 Å². The number of carbonyl (C=O) groups excluding carboxylic acids is 2. The Morgan fingerprint density at radius 1 is 1.12 bits per heavy atom. The van der Waals surface area contributed by atoms with Gasteiger partial charge in [-0.05, 0) is 44.0 Å². The van der Waals surface area contributed by atoms with Crippen molar-refractivity contribution in [3.8, 4) is 5.75 Å². The molecule has 0 aliphatic heterocycles. The van der Waals surface area contributed by atoms with Gasteiger partial charge < -0.3 is 15.0 Å². The van der Waals surface area contributed by atoms with Crippen molar-refractivity contribution >= 4 is 39.1 Å². The molecule has 0 bridgehead atoms. The van der Waals surface area contributed by atoms with Crippen LogP contribution in [0.3, 0.4) is 0 Å². The summed E-state index contributed by atoms with van der Waals surface area (Å²) in [6, 6.07) is 13.3. The van der Waals surface area contributed by atoms with Crippen LogP contribution in [-0.4, -0.2) is 57.6 Å². The average Bonchev–Trinajstić information content (AvgIpc) is 2.80. The van der Waals surface area contributed by atoms with Crippen LogP contribution in [0.2, 0.25) is 5.02 Å². The van der Waals surface area contributed by atoms with Gasteiger partial charge in [0.25, 0.3) is 0 Å². The highest BCUT2D eigenvalue weighted by Crippen LogP contribution is 2.30. The Balaban J connectivity index is 2.20. The molecule has 0 aliphatic carbocycles. The highest BCUT2D eigenvalue weighted by molar-refractivity contribution is 7.92. The lowest BCUT2D eigenvalue weighted by Crippen LogP contribution is -2.46. The number of halogens is 1. The van der Waals surface area contributed by atoms with Gasteiger partial charge in [0, 0.05) is 31.6 Å². The summed E-state index contributed by atoms with van der Waals surface area (Å²) in [4.78, 5) is 26.9. The molecule has 2 aromatic rings. The molecule has 1 N–H and O–H groups in total. The summed E-state index contributed by atoms with van der Waals surface area (Å²) < 4.78 is 31.9. The van der Waals surface area contributed by atoms with Crippen LogP contribution in [0.1, 0.15) is 32.3 Å². The van der Waals surface area contributed by atoms with E-state index in [1.165, 1.54) is 16.3 Å². The highest BCUT2D eigenvalue weighted by atomic mass is 35.5. The third-order valence-electron chi connectivity index (χ3n) is 5.30. The predicted molar refractivity (Wildman–Crippen MR) is 135 cm³/mol. The number of hydrogen-bond donors (Lipinski definition) is 1. The van der Waals surface area contributed by atoms with Crippen molar-refractivity contribution in [2.45, 2.75) is 39.3 Å². The maximum atomic E-state index is 13.2. The molecule has 8 nitrogen and oxygen atoms in total. The largest absolute Gasteiger partial charge is 0.492 e. The predicted octanol–water partition coefficient (Wildman–Crippen LogP) is 3.45. The van der Waals surface area contributed by atoms with E-state index in [1.54, 1.807) is 49.4 Å². The van der Waals surface area contributed by atoms with Crippen LogP contribution in [0.15, 0.2) is 48.5 Å². The zero-order valence-electron chi connectivity index (χ0n) is 20.0. The van der Waals surface area contributed by atoms with Crippen LogP contribution < -0.4 is 14.4 Å². The first-order valence-electron chi connectivity index (χ1n) is 11.0. The first-order chi connectivity index (χ1) is 16.1. The number of nitrogens with one attached hydrogen (secondary N) is 1. The Bertz CT molecular complexity index is 1090. The fraction of sp³-hybridized carbons (Fsp3) is 0.417. The molecule has 2 rings (SSSR count). The van der Waals surface area contributed by atoms with Crippen molar-refractivity contribution in [3.05, 3.63) is 59.1 Å². The van der Waals surface area contributed by atoms with Gasteiger partial charge in [-0.25, -0.2) is 8.42 Å². The summed E-state index contributed by atoms with van der Waals surface area (Å²) in [5.74, 6) is -0.123. The molecule has 34 heavy (non-hydrogen) atoms. The van der Waals surface area contributed by atoms with Gasteiger partial charge in [-0.1, -0.05) is 41.9 Å². The Morgan fingerprint density at radius 3 is 2.38 bits per heavy atom. The van der Waals surface area contributed by atoms with Crippen LogP contribution in [0.25, 0.3) is 0 Å². The number of para-hydroxylation sites is 2. The second-order valence-electron chi connectivity index (χ2n) is 7.74. The van der Waals surface area contributed by atoms with Crippen LogP contribution in [0.5, 0.6) is 5.75 Å². The third-order valence-corrected chi connectivity index (χ3v) is 6.85. The molecular weight excluding hydrogens is 478 g/mol. The molecule has 0 saturated carbocycles. The van der Waals surface area contributed by atoms with E-state index in [9.17, 15) is 18.0 Å². The minimum Gasteiger partial charge on any atom is -0.492 e. The molecule has 0 unspecified atom stereocenters. The number of carbonyl (C=O) groups is 2. The van der Waals surface area contributed by atoms with Crippen LogP contribution in [0, 0.1) is 0 Å². The lowest BCUT2D eigenvalue weighted by atomic mass is 10.1. The Kier molecular flexibility index (Phi) is 10.2. The van der Waals surface area contributed by atoms with Crippen molar-refractivity contribution in [1.82, 2.24) is 10.2 Å². The minimum absolute atomic E-state index is 0.0502. The summed E-state index contributed by atoms with van der Waals surface area (Å²) in [5.41, 5.74) is 1.14. The quantitative estimate of drug-likeness (QED) is 0.472.